The molecule has 5 heteroatoms. The molecule has 1 aliphatic heterocycles. The highest BCUT2D eigenvalue weighted by atomic mass is 32.1. The van der Waals surface area contributed by atoms with Crippen molar-refractivity contribution < 1.29 is 4.79 Å². The van der Waals surface area contributed by atoms with Gasteiger partial charge in [0.25, 0.3) is 0 Å². The van der Waals surface area contributed by atoms with Gasteiger partial charge in [0.1, 0.15) is 11.3 Å². The molecule has 1 aliphatic rings. The molecule has 4 nitrogen and oxygen atoms in total. The van der Waals surface area contributed by atoms with E-state index in [-0.39, 0.29) is 16.9 Å². The number of amides is 1. The second-order valence-corrected chi connectivity index (χ2v) is 4.80. The predicted octanol–water partition coefficient (Wildman–Crippen LogP) is 1.76. The fourth-order valence-corrected chi connectivity index (χ4v) is 2.53. The molecule has 0 spiro atoms. The van der Waals surface area contributed by atoms with E-state index < -0.39 is 5.41 Å². The standard InChI is InChI=1S/C12H19N3OS/c1-4-6-8(3)12(7-5-2)9(13)14-11(17)15-10(12)16/h5,8H,2,4,6-7H2,1,3H3,(H3,13,14,15,16,17). The van der Waals surface area contributed by atoms with Crippen molar-refractivity contribution in [2.75, 3.05) is 0 Å². The molecule has 0 radical (unpaired) electrons. The summed E-state index contributed by atoms with van der Waals surface area (Å²) in [5, 5.41) is 2.75. The van der Waals surface area contributed by atoms with Gasteiger partial charge in [-0.15, -0.1) is 6.58 Å². The average Bonchev–Trinajstić information content (AvgIpc) is 2.23. The van der Waals surface area contributed by atoms with Crippen molar-refractivity contribution in [1.29, 1.82) is 0 Å². The molecule has 2 atom stereocenters. The maximum Gasteiger partial charge on any atom is 0.240 e. The number of thiocarbonyl (C=S) groups is 1. The highest BCUT2D eigenvalue weighted by molar-refractivity contribution is 7.80. The first-order chi connectivity index (χ1) is 7.98. The van der Waals surface area contributed by atoms with E-state index in [0.717, 1.165) is 12.8 Å². The van der Waals surface area contributed by atoms with Crippen molar-refractivity contribution in [1.82, 2.24) is 5.32 Å². The van der Waals surface area contributed by atoms with Gasteiger partial charge in [0, 0.05) is 0 Å². The highest BCUT2D eigenvalue weighted by Gasteiger charge is 2.48. The van der Waals surface area contributed by atoms with Crippen LogP contribution in [0.2, 0.25) is 0 Å². The van der Waals surface area contributed by atoms with Gasteiger partial charge in [-0.1, -0.05) is 26.3 Å². The molecule has 0 aromatic heterocycles. The van der Waals surface area contributed by atoms with Gasteiger partial charge in [-0.25, -0.2) is 4.99 Å². The van der Waals surface area contributed by atoms with Gasteiger partial charge in [-0.2, -0.15) is 0 Å². The lowest BCUT2D eigenvalue weighted by Gasteiger charge is -2.38. The van der Waals surface area contributed by atoms with Crippen LogP contribution in [0, 0.1) is 11.3 Å². The SMILES string of the molecule is C=CCC1(C(C)CCC)C(=O)NC(=S)N=C1N. The van der Waals surface area contributed by atoms with Gasteiger partial charge in [-0.05, 0) is 31.0 Å². The van der Waals surface area contributed by atoms with E-state index in [2.05, 4.69) is 23.8 Å². The number of allylic oxidation sites excluding steroid dienone is 1. The third-order valence-corrected chi connectivity index (χ3v) is 3.53. The van der Waals surface area contributed by atoms with E-state index in [4.69, 9.17) is 18.0 Å². The van der Waals surface area contributed by atoms with Crippen LogP contribution >= 0.6 is 12.2 Å². The fraction of sp³-hybridized carbons (Fsp3) is 0.583. The second kappa shape index (κ2) is 5.40. The van der Waals surface area contributed by atoms with Crippen molar-refractivity contribution >= 4 is 29.1 Å². The molecular formula is C12H19N3OS. The molecule has 0 aromatic carbocycles. The van der Waals surface area contributed by atoms with Crippen LogP contribution in [0.4, 0.5) is 0 Å². The molecule has 0 aliphatic carbocycles. The molecule has 1 heterocycles. The van der Waals surface area contributed by atoms with E-state index in [1.165, 1.54) is 0 Å². The summed E-state index contributed by atoms with van der Waals surface area (Å²) >= 11 is 4.87. The van der Waals surface area contributed by atoms with Crippen LogP contribution in [0.25, 0.3) is 0 Å². The van der Waals surface area contributed by atoms with Crippen molar-refractivity contribution in [2.24, 2.45) is 22.1 Å². The third-order valence-electron chi connectivity index (χ3n) is 3.33. The molecule has 1 rings (SSSR count). The Bertz CT molecular complexity index is 378. The molecule has 1 amide bonds. The predicted molar refractivity (Wildman–Crippen MR) is 73.7 cm³/mol. The van der Waals surface area contributed by atoms with Crippen LogP contribution in [0.15, 0.2) is 17.6 Å². The molecule has 0 aromatic rings. The lowest BCUT2D eigenvalue weighted by molar-refractivity contribution is -0.128. The maximum absolute atomic E-state index is 12.2. The number of aliphatic imine (C=N–C) groups is 1. The van der Waals surface area contributed by atoms with Gasteiger partial charge in [0.2, 0.25) is 11.0 Å². The van der Waals surface area contributed by atoms with E-state index >= 15 is 0 Å². The summed E-state index contributed by atoms with van der Waals surface area (Å²) < 4.78 is 0. The van der Waals surface area contributed by atoms with Crippen molar-refractivity contribution in [2.45, 2.75) is 33.1 Å². The molecule has 0 saturated carbocycles. The summed E-state index contributed by atoms with van der Waals surface area (Å²) in [5.41, 5.74) is 5.17. The van der Waals surface area contributed by atoms with Crippen LogP contribution < -0.4 is 11.1 Å². The van der Waals surface area contributed by atoms with E-state index in [1.807, 2.05) is 6.92 Å². The Morgan fingerprint density at radius 2 is 2.35 bits per heavy atom. The number of carbonyl (C=O) groups excluding carboxylic acids is 1. The smallest absolute Gasteiger partial charge is 0.240 e. The van der Waals surface area contributed by atoms with Crippen LogP contribution in [0.3, 0.4) is 0 Å². The largest absolute Gasteiger partial charge is 0.386 e. The number of carbonyl (C=O) groups is 1. The molecule has 0 fully saturated rings. The minimum absolute atomic E-state index is 0.109. The Balaban J connectivity index is 3.21. The summed E-state index contributed by atoms with van der Waals surface area (Å²) in [5.74, 6) is 0.264. The molecule has 94 valence electrons. The van der Waals surface area contributed by atoms with Gasteiger partial charge in [0.05, 0.1) is 0 Å². The number of nitrogens with two attached hydrogens (primary N) is 1. The first-order valence-corrected chi connectivity index (χ1v) is 6.20. The Kier molecular flexibility index (Phi) is 4.40. The van der Waals surface area contributed by atoms with Gasteiger partial charge in [-0.3, -0.25) is 4.79 Å². The molecule has 17 heavy (non-hydrogen) atoms. The van der Waals surface area contributed by atoms with Crippen LogP contribution in [-0.4, -0.2) is 16.9 Å². The van der Waals surface area contributed by atoms with Gasteiger partial charge >= 0.3 is 0 Å². The molecular weight excluding hydrogens is 234 g/mol. The average molecular weight is 253 g/mol. The summed E-state index contributed by atoms with van der Waals surface area (Å²) in [6.45, 7) is 7.80. The Morgan fingerprint density at radius 1 is 1.71 bits per heavy atom. The third kappa shape index (κ3) is 2.39. The molecule has 0 saturated heterocycles. The number of nitrogens with zero attached hydrogens (tertiary/aromatic N) is 1. The quantitative estimate of drug-likeness (QED) is 0.579. The number of rotatable bonds is 5. The lowest BCUT2D eigenvalue weighted by Crippen LogP contribution is -2.58. The number of amidine groups is 1. The van der Waals surface area contributed by atoms with Crippen molar-refractivity contribution in [3.05, 3.63) is 12.7 Å². The Morgan fingerprint density at radius 3 is 2.82 bits per heavy atom. The van der Waals surface area contributed by atoms with Crippen LogP contribution in [-0.2, 0) is 4.79 Å². The lowest BCUT2D eigenvalue weighted by atomic mass is 9.69. The summed E-state index contributed by atoms with van der Waals surface area (Å²) in [6, 6.07) is 0. The first kappa shape index (κ1) is 13.8. The topological polar surface area (TPSA) is 67.5 Å². The van der Waals surface area contributed by atoms with E-state index in [9.17, 15) is 4.79 Å². The Labute approximate surface area is 107 Å². The monoisotopic (exact) mass is 253 g/mol. The molecule has 3 N–H and O–H groups in total. The molecule has 2 unspecified atom stereocenters. The summed E-state index contributed by atoms with van der Waals surface area (Å²) in [7, 11) is 0. The van der Waals surface area contributed by atoms with Crippen LogP contribution in [0.1, 0.15) is 33.1 Å². The normalized spacial score (nSPS) is 26.1. The Hall–Kier alpha value is -1.23. The number of hydrogen-bond donors (Lipinski definition) is 2. The van der Waals surface area contributed by atoms with Crippen LogP contribution in [0.5, 0.6) is 0 Å². The summed E-state index contributed by atoms with van der Waals surface area (Å²) in [4.78, 5) is 16.3. The zero-order valence-corrected chi connectivity index (χ0v) is 11.1. The second-order valence-electron chi connectivity index (χ2n) is 4.41. The minimum Gasteiger partial charge on any atom is -0.386 e. The minimum atomic E-state index is -0.792. The van der Waals surface area contributed by atoms with Gasteiger partial charge < -0.3 is 11.1 Å². The number of hydrogen-bond acceptors (Lipinski definition) is 3. The van der Waals surface area contributed by atoms with Gasteiger partial charge in [0.15, 0.2) is 0 Å². The maximum atomic E-state index is 12.2. The van der Waals surface area contributed by atoms with Crippen molar-refractivity contribution in [3.8, 4) is 0 Å². The zero-order chi connectivity index (χ0) is 13.1. The summed E-state index contributed by atoms with van der Waals surface area (Å²) in [6.07, 6.45) is 4.09. The fourth-order valence-electron chi connectivity index (χ4n) is 2.34. The van der Waals surface area contributed by atoms with E-state index in [1.54, 1.807) is 6.08 Å². The highest BCUT2D eigenvalue weighted by Crippen LogP contribution is 2.37. The number of nitrogens with one attached hydrogen (secondary N) is 1. The zero-order valence-electron chi connectivity index (χ0n) is 10.3. The first-order valence-electron chi connectivity index (χ1n) is 5.80. The van der Waals surface area contributed by atoms with E-state index in [0.29, 0.717) is 12.3 Å². The molecule has 0 bridgehead atoms. The van der Waals surface area contributed by atoms with Crippen molar-refractivity contribution in [3.63, 3.8) is 0 Å².